The fraction of sp³-hybridized carbons (Fsp3) is 0.286. The Morgan fingerprint density at radius 3 is 3.33 bits per heavy atom. The monoisotopic (exact) mass is 164 g/mol. The van der Waals surface area contributed by atoms with Gasteiger partial charge in [-0.25, -0.2) is 4.99 Å². The molecule has 0 spiro atoms. The zero-order valence-corrected chi connectivity index (χ0v) is 6.37. The summed E-state index contributed by atoms with van der Waals surface area (Å²) in [6.45, 7) is 0.520. The lowest BCUT2D eigenvalue weighted by atomic mass is 10.4. The van der Waals surface area contributed by atoms with E-state index in [2.05, 4.69) is 20.6 Å². The van der Waals surface area contributed by atoms with Gasteiger partial charge < -0.3 is 10.6 Å². The van der Waals surface area contributed by atoms with Crippen LogP contribution < -0.4 is 10.6 Å². The first kappa shape index (κ1) is 7.02. The molecule has 0 aliphatic carbocycles. The molecule has 12 heavy (non-hydrogen) atoms. The second-order valence-corrected chi connectivity index (χ2v) is 2.47. The van der Waals surface area contributed by atoms with Gasteiger partial charge in [-0.2, -0.15) is 0 Å². The minimum absolute atomic E-state index is 0.0566. The van der Waals surface area contributed by atoms with E-state index in [4.69, 9.17) is 0 Å². The van der Waals surface area contributed by atoms with E-state index in [1.807, 2.05) is 0 Å². The third-order valence-corrected chi connectivity index (χ3v) is 1.58. The first-order valence-corrected chi connectivity index (χ1v) is 3.66. The Labute approximate surface area is 69.3 Å². The average Bonchev–Trinajstić information content (AvgIpc) is 2.25. The Hall–Kier alpha value is -1.65. The van der Waals surface area contributed by atoms with Gasteiger partial charge in [-0.05, 0) is 0 Å². The molecular formula is C7H8N4O. The second kappa shape index (κ2) is 2.77. The predicted molar refractivity (Wildman–Crippen MR) is 44.8 cm³/mol. The molecule has 2 rings (SSSR count). The molecule has 5 nitrogen and oxygen atoms in total. The summed E-state index contributed by atoms with van der Waals surface area (Å²) in [6, 6.07) is 0. The molecule has 2 aliphatic rings. The van der Waals surface area contributed by atoms with Gasteiger partial charge in [0, 0.05) is 6.21 Å². The number of rotatable bonds is 0. The normalized spacial score (nSPS) is 21.2. The van der Waals surface area contributed by atoms with Crippen molar-refractivity contribution in [3.8, 4) is 0 Å². The number of amides is 1. The van der Waals surface area contributed by atoms with Crippen LogP contribution in [-0.2, 0) is 4.79 Å². The van der Waals surface area contributed by atoms with Crippen molar-refractivity contribution < 1.29 is 4.79 Å². The maximum atomic E-state index is 11.0. The lowest BCUT2D eigenvalue weighted by molar-refractivity contribution is -0.119. The van der Waals surface area contributed by atoms with Gasteiger partial charge in [-0.1, -0.05) is 0 Å². The summed E-state index contributed by atoms with van der Waals surface area (Å²) in [6.07, 6.45) is 3.53. The van der Waals surface area contributed by atoms with Gasteiger partial charge in [-0.3, -0.25) is 9.79 Å². The van der Waals surface area contributed by atoms with Crippen LogP contribution in [0.5, 0.6) is 0 Å². The Bertz CT molecular complexity index is 303. The molecule has 0 aromatic carbocycles. The summed E-state index contributed by atoms with van der Waals surface area (Å²) in [5.74, 6) is 0.634. The summed E-state index contributed by atoms with van der Waals surface area (Å²) in [7, 11) is 0. The Kier molecular flexibility index (Phi) is 1.62. The third-order valence-electron chi connectivity index (χ3n) is 1.58. The molecule has 62 valence electrons. The second-order valence-electron chi connectivity index (χ2n) is 2.47. The minimum atomic E-state index is -0.0566. The van der Waals surface area contributed by atoms with Gasteiger partial charge in [-0.15, -0.1) is 0 Å². The van der Waals surface area contributed by atoms with Crippen LogP contribution in [0.2, 0.25) is 0 Å². The molecule has 0 aromatic rings. The predicted octanol–water partition coefficient (Wildman–Crippen LogP) is -0.622. The molecule has 5 heteroatoms. The van der Waals surface area contributed by atoms with E-state index in [0.29, 0.717) is 24.6 Å². The number of aliphatic imine (C=N–C) groups is 2. The van der Waals surface area contributed by atoms with Crippen molar-refractivity contribution in [3.05, 3.63) is 11.5 Å². The standard InChI is InChI=1S/C7H8N4O/c12-6-1-2-9-7-5(11-6)3-8-4-10-7/h2-3,10H,1,4H2,(H,11,12). The first-order valence-electron chi connectivity index (χ1n) is 3.66. The van der Waals surface area contributed by atoms with Crippen LogP contribution in [0.4, 0.5) is 0 Å². The van der Waals surface area contributed by atoms with Gasteiger partial charge in [0.15, 0.2) is 5.82 Å². The van der Waals surface area contributed by atoms with Gasteiger partial charge in [0.25, 0.3) is 0 Å². The summed E-state index contributed by atoms with van der Waals surface area (Å²) >= 11 is 0. The Balaban J connectivity index is 2.32. The zero-order chi connectivity index (χ0) is 8.39. The minimum Gasteiger partial charge on any atom is -0.349 e. The molecule has 2 heterocycles. The molecule has 0 aromatic heterocycles. The Morgan fingerprint density at radius 1 is 1.50 bits per heavy atom. The highest BCUT2D eigenvalue weighted by molar-refractivity contribution is 5.97. The highest BCUT2D eigenvalue weighted by Crippen LogP contribution is 2.04. The van der Waals surface area contributed by atoms with E-state index in [1.165, 1.54) is 0 Å². The molecule has 2 aliphatic heterocycles. The maximum absolute atomic E-state index is 11.0. The molecule has 1 amide bonds. The van der Waals surface area contributed by atoms with Crippen LogP contribution in [0.25, 0.3) is 0 Å². The van der Waals surface area contributed by atoms with E-state index in [9.17, 15) is 4.79 Å². The van der Waals surface area contributed by atoms with Crippen LogP contribution in [0.3, 0.4) is 0 Å². The number of carbonyl (C=O) groups is 1. The fourth-order valence-corrected chi connectivity index (χ4v) is 1.04. The van der Waals surface area contributed by atoms with Gasteiger partial charge in [0.05, 0.1) is 12.6 Å². The van der Waals surface area contributed by atoms with Crippen LogP contribution in [-0.4, -0.2) is 25.0 Å². The summed E-state index contributed by atoms with van der Waals surface area (Å²) in [5, 5.41) is 5.64. The highest BCUT2D eigenvalue weighted by Gasteiger charge is 2.12. The number of hydrogen-bond acceptors (Lipinski definition) is 4. The third kappa shape index (κ3) is 1.20. The van der Waals surface area contributed by atoms with Crippen LogP contribution >= 0.6 is 0 Å². The van der Waals surface area contributed by atoms with Crippen molar-refractivity contribution in [2.45, 2.75) is 6.42 Å². The number of hydrogen-bond donors (Lipinski definition) is 2. The fourth-order valence-electron chi connectivity index (χ4n) is 1.04. The maximum Gasteiger partial charge on any atom is 0.229 e. The smallest absolute Gasteiger partial charge is 0.229 e. The molecule has 0 fully saturated rings. The van der Waals surface area contributed by atoms with E-state index in [0.717, 1.165) is 0 Å². The van der Waals surface area contributed by atoms with E-state index < -0.39 is 0 Å². The molecule has 0 bridgehead atoms. The highest BCUT2D eigenvalue weighted by atomic mass is 16.1. The van der Waals surface area contributed by atoms with Crippen LogP contribution in [0.15, 0.2) is 21.5 Å². The zero-order valence-electron chi connectivity index (χ0n) is 6.37. The van der Waals surface area contributed by atoms with Crippen molar-refractivity contribution in [1.82, 2.24) is 10.6 Å². The molecule has 0 saturated carbocycles. The van der Waals surface area contributed by atoms with E-state index in [1.54, 1.807) is 12.4 Å². The largest absolute Gasteiger partial charge is 0.349 e. The van der Waals surface area contributed by atoms with Crippen molar-refractivity contribution in [1.29, 1.82) is 0 Å². The van der Waals surface area contributed by atoms with E-state index in [-0.39, 0.29) is 5.91 Å². The topological polar surface area (TPSA) is 65.8 Å². The summed E-state index contributed by atoms with van der Waals surface area (Å²) in [4.78, 5) is 19.0. The van der Waals surface area contributed by atoms with Crippen molar-refractivity contribution in [3.63, 3.8) is 0 Å². The average molecular weight is 164 g/mol. The van der Waals surface area contributed by atoms with E-state index >= 15 is 0 Å². The van der Waals surface area contributed by atoms with Gasteiger partial charge in [0.1, 0.15) is 12.4 Å². The number of allylic oxidation sites excluding steroid dienone is 1. The Morgan fingerprint density at radius 2 is 2.42 bits per heavy atom. The molecule has 0 saturated heterocycles. The SMILES string of the molecule is O=C1CC=NC2=C(C=NCN2)N1. The first-order chi connectivity index (χ1) is 5.86. The van der Waals surface area contributed by atoms with Gasteiger partial charge in [0.2, 0.25) is 5.91 Å². The van der Waals surface area contributed by atoms with Crippen LogP contribution in [0, 0.1) is 0 Å². The molecule has 0 atom stereocenters. The quantitative estimate of drug-likeness (QED) is 0.501. The lowest BCUT2D eigenvalue weighted by Gasteiger charge is -2.11. The number of nitrogens with zero attached hydrogens (tertiary/aromatic N) is 2. The number of carbonyl (C=O) groups excluding carboxylic acids is 1. The molecule has 0 radical (unpaired) electrons. The van der Waals surface area contributed by atoms with Crippen molar-refractivity contribution >= 4 is 18.3 Å². The summed E-state index contributed by atoms with van der Waals surface area (Å²) in [5.41, 5.74) is 0.653. The van der Waals surface area contributed by atoms with Crippen molar-refractivity contribution in [2.24, 2.45) is 9.98 Å². The van der Waals surface area contributed by atoms with Crippen molar-refractivity contribution in [2.75, 3.05) is 6.67 Å². The number of nitrogens with one attached hydrogen (secondary N) is 2. The summed E-state index contributed by atoms with van der Waals surface area (Å²) < 4.78 is 0. The lowest BCUT2D eigenvalue weighted by Crippen LogP contribution is -2.28. The van der Waals surface area contributed by atoms with Crippen LogP contribution in [0.1, 0.15) is 6.42 Å². The molecule has 2 N–H and O–H groups in total. The molecular weight excluding hydrogens is 156 g/mol. The van der Waals surface area contributed by atoms with Gasteiger partial charge >= 0.3 is 0 Å². The molecule has 0 unspecified atom stereocenters.